The number of benzene rings is 1. The van der Waals surface area contributed by atoms with Crippen molar-refractivity contribution in [2.75, 3.05) is 26.7 Å². The van der Waals surface area contributed by atoms with Crippen molar-refractivity contribution in [3.63, 3.8) is 0 Å². The maximum absolute atomic E-state index is 12.7. The predicted octanol–water partition coefficient (Wildman–Crippen LogP) is 2.30. The van der Waals surface area contributed by atoms with Crippen LogP contribution >= 0.6 is 0 Å². The smallest absolute Gasteiger partial charge is 0.236 e. The minimum Gasteiger partial charge on any atom is -0.497 e. The van der Waals surface area contributed by atoms with Gasteiger partial charge in [0, 0.05) is 25.7 Å². The quantitative estimate of drug-likeness (QED) is 0.802. The summed E-state index contributed by atoms with van der Waals surface area (Å²) >= 11 is 0. The van der Waals surface area contributed by atoms with Crippen molar-refractivity contribution in [1.82, 2.24) is 9.80 Å². The molecule has 1 amide bonds. The number of rotatable bonds is 6. The highest BCUT2D eigenvalue weighted by Crippen LogP contribution is 2.28. The summed E-state index contributed by atoms with van der Waals surface area (Å²) in [5.41, 5.74) is 1.22. The number of carbonyl (C=O) groups is 1. The molecule has 1 aliphatic carbocycles. The van der Waals surface area contributed by atoms with Gasteiger partial charge in [0.15, 0.2) is 0 Å². The lowest BCUT2D eigenvalue weighted by Gasteiger charge is -2.36. The zero-order valence-electron chi connectivity index (χ0n) is 14.9. The maximum Gasteiger partial charge on any atom is 0.236 e. The standard InChI is InChI=1S/C19H28N2O3/c1-14-10-21(11-15(2)24-14)19(22)13-20(17-6-7-17)12-16-4-8-18(23-3)9-5-16/h4-5,8-9,14-15,17H,6-7,10-13H2,1-3H3. The highest BCUT2D eigenvalue weighted by atomic mass is 16.5. The Bertz CT molecular complexity index is 546. The van der Waals surface area contributed by atoms with Crippen LogP contribution in [0.1, 0.15) is 32.3 Å². The van der Waals surface area contributed by atoms with Crippen molar-refractivity contribution >= 4 is 5.91 Å². The molecule has 1 aliphatic heterocycles. The van der Waals surface area contributed by atoms with E-state index < -0.39 is 0 Å². The average Bonchev–Trinajstić information content (AvgIpc) is 3.39. The van der Waals surface area contributed by atoms with Crippen molar-refractivity contribution in [2.24, 2.45) is 0 Å². The third-order valence-corrected chi connectivity index (χ3v) is 4.72. The Kier molecular flexibility index (Phi) is 5.41. The molecule has 0 aromatic heterocycles. The van der Waals surface area contributed by atoms with Crippen molar-refractivity contribution in [2.45, 2.75) is 51.5 Å². The van der Waals surface area contributed by atoms with E-state index in [2.05, 4.69) is 17.0 Å². The molecule has 0 bridgehead atoms. The molecule has 5 nitrogen and oxygen atoms in total. The predicted molar refractivity (Wildman–Crippen MR) is 93.0 cm³/mol. The Morgan fingerprint density at radius 1 is 1.21 bits per heavy atom. The van der Waals surface area contributed by atoms with E-state index in [-0.39, 0.29) is 18.1 Å². The van der Waals surface area contributed by atoms with Gasteiger partial charge in [-0.05, 0) is 44.4 Å². The van der Waals surface area contributed by atoms with Crippen LogP contribution in [0.5, 0.6) is 5.75 Å². The molecule has 132 valence electrons. The molecule has 1 aromatic rings. The SMILES string of the molecule is COc1ccc(CN(CC(=O)N2CC(C)OC(C)C2)C2CC2)cc1. The summed E-state index contributed by atoms with van der Waals surface area (Å²) in [6, 6.07) is 8.67. The van der Waals surface area contributed by atoms with E-state index in [0.717, 1.165) is 12.3 Å². The zero-order valence-corrected chi connectivity index (χ0v) is 14.9. The van der Waals surface area contributed by atoms with Crippen LogP contribution in [-0.2, 0) is 16.1 Å². The summed E-state index contributed by atoms with van der Waals surface area (Å²) in [6.07, 6.45) is 2.63. The van der Waals surface area contributed by atoms with Crippen molar-refractivity contribution < 1.29 is 14.3 Å². The molecule has 1 aromatic carbocycles. The van der Waals surface area contributed by atoms with Gasteiger partial charge in [0.2, 0.25) is 5.91 Å². The van der Waals surface area contributed by atoms with Crippen LogP contribution < -0.4 is 4.74 Å². The second-order valence-corrected chi connectivity index (χ2v) is 7.04. The minimum absolute atomic E-state index is 0.119. The number of nitrogens with zero attached hydrogens (tertiary/aromatic N) is 2. The lowest BCUT2D eigenvalue weighted by atomic mass is 10.2. The van der Waals surface area contributed by atoms with Gasteiger partial charge >= 0.3 is 0 Å². The maximum atomic E-state index is 12.7. The Hall–Kier alpha value is -1.59. The molecule has 24 heavy (non-hydrogen) atoms. The molecule has 0 radical (unpaired) electrons. The first-order chi connectivity index (χ1) is 11.5. The first-order valence-corrected chi connectivity index (χ1v) is 8.85. The molecule has 0 spiro atoms. The van der Waals surface area contributed by atoms with Crippen LogP contribution in [0.2, 0.25) is 0 Å². The van der Waals surface area contributed by atoms with Crippen molar-refractivity contribution in [1.29, 1.82) is 0 Å². The molecule has 3 rings (SSSR count). The number of methoxy groups -OCH3 is 1. The van der Waals surface area contributed by atoms with Crippen LogP contribution in [0, 0.1) is 0 Å². The van der Waals surface area contributed by atoms with Crippen molar-refractivity contribution in [3.8, 4) is 5.75 Å². The van der Waals surface area contributed by atoms with Gasteiger partial charge in [-0.15, -0.1) is 0 Å². The average molecular weight is 332 g/mol. The Labute approximate surface area is 144 Å². The van der Waals surface area contributed by atoms with E-state index in [9.17, 15) is 4.79 Å². The minimum atomic E-state index is 0.119. The molecule has 2 fully saturated rings. The van der Waals surface area contributed by atoms with E-state index in [1.54, 1.807) is 7.11 Å². The van der Waals surface area contributed by atoms with E-state index in [1.165, 1.54) is 18.4 Å². The lowest BCUT2D eigenvalue weighted by Crippen LogP contribution is -2.51. The van der Waals surface area contributed by atoms with Crippen LogP contribution in [0.3, 0.4) is 0 Å². The van der Waals surface area contributed by atoms with Gasteiger partial charge in [-0.2, -0.15) is 0 Å². The van der Waals surface area contributed by atoms with Gasteiger partial charge in [-0.3, -0.25) is 9.69 Å². The molecule has 5 heteroatoms. The van der Waals surface area contributed by atoms with E-state index >= 15 is 0 Å². The Morgan fingerprint density at radius 2 is 1.83 bits per heavy atom. The first-order valence-electron chi connectivity index (χ1n) is 8.85. The number of hydrogen-bond donors (Lipinski definition) is 0. The van der Waals surface area contributed by atoms with Gasteiger partial charge in [-0.1, -0.05) is 12.1 Å². The van der Waals surface area contributed by atoms with E-state index in [4.69, 9.17) is 9.47 Å². The molecule has 2 atom stereocenters. The topological polar surface area (TPSA) is 42.0 Å². The third-order valence-electron chi connectivity index (χ3n) is 4.72. The molecular weight excluding hydrogens is 304 g/mol. The van der Waals surface area contributed by atoms with Crippen LogP contribution in [-0.4, -0.2) is 60.7 Å². The second-order valence-electron chi connectivity index (χ2n) is 7.04. The number of morpholine rings is 1. The van der Waals surface area contributed by atoms with Crippen molar-refractivity contribution in [3.05, 3.63) is 29.8 Å². The molecule has 1 saturated heterocycles. The molecule has 1 saturated carbocycles. The van der Waals surface area contributed by atoms with Gasteiger partial charge in [0.1, 0.15) is 5.75 Å². The molecular formula is C19H28N2O3. The normalized spacial score (nSPS) is 24.2. The fourth-order valence-corrected chi connectivity index (χ4v) is 3.37. The first kappa shape index (κ1) is 17.2. The summed E-state index contributed by atoms with van der Waals surface area (Å²) < 4.78 is 10.9. The molecule has 0 N–H and O–H groups in total. The van der Waals surface area contributed by atoms with E-state index in [0.29, 0.717) is 25.7 Å². The third kappa shape index (κ3) is 4.48. The highest BCUT2D eigenvalue weighted by Gasteiger charge is 2.33. The van der Waals surface area contributed by atoms with Crippen LogP contribution in [0.15, 0.2) is 24.3 Å². The summed E-state index contributed by atoms with van der Waals surface area (Å²) in [5, 5.41) is 0. The number of carbonyl (C=O) groups excluding carboxylic acids is 1. The summed E-state index contributed by atoms with van der Waals surface area (Å²) in [7, 11) is 1.68. The number of amides is 1. The lowest BCUT2D eigenvalue weighted by molar-refractivity contribution is -0.144. The summed E-state index contributed by atoms with van der Waals surface area (Å²) in [5.74, 6) is 1.08. The van der Waals surface area contributed by atoms with Gasteiger partial charge in [0.25, 0.3) is 0 Å². The van der Waals surface area contributed by atoms with Crippen LogP contribution in [0.25, 0.3) is 0 Å². The fraction of sp³-hybridized carbons (Fsp3) is 0.632. The number of ether oxygens (including phenoxy) is 2. The van der Waals surface area contributed by atoms with Gasteiger partial charge in [-0.25, -0.2) is 0 Å². The highest BCUT2D eigenvalue weighted by molar-refractivity contribution is 5.78. The zero-order chi connectivity index (χ0) is 17.1. The van der Waals surface area contributed by atoms with Gasteiger partial charge in [0.05, 0.1) is 25.9 Å². The molecule has 2 aliphatic rings. The molecule has 1 heterocycles. The summed E-state index contributed by atoms with van der Waals surface area (Å²) in [6.45, 7) is 6.78. The summed E-state index contributed by atoms with van der Waals surface area (Å²) in [4.78, 5) is 17.0. The Balaban J connectivity index is 1.60. The second kappa shape index (κ2) is 7.53. The monoisotopic (exact) mass is 332 g/mol. The largest absolute Gasteiger partial charge is 0.497 e. The van der Waals surface area contributed by atoms with Crippen LogP contribution in [0.4, 0.5) is 0 Å². The molecule has 2 unspecified atom stereocenters. The fourth-order valence-electron chi connectivity index (χ4n) is 3.37. The van der Waals surface area contributed by atoms with E-state index in [1.807, 2.05) is 30.9 Å². The Morgan fingerprint density at radius 3 is 2.38 bits per heavy atom. The van der Waals surface area contributed by atoms with Gasteiger partial charge < -0.3 is 14.4 Å². The number of hydrogen-bond acceptors (Lipinski definition) is 4.